The summed E-state index contributed by atoms with van der Waals surface area (Å²) < 4.78 is 32.6. The number of aromatic nitrogens is 2. The second-order valence-corrected chi connectivity index (χ2v) is 8.13. The summed E-state index contributed by atoms with van der Waals surface area (Å²) in [5, 5.41) is 4.07. The first-order chi connectivity index (χ1) is 12.6. The zero-order valence-electron chi connectivity index (χ0n) is 14.1. The van der Waals surface area contributed by atoms with Crippen molar-refractivity contribution < 1.29 is 13.2 Å². The predicted molar refractivity (Wildman–Crippen MR) is 101 cm³/mol. The van der Waals surface area contributed by atoms with Crippen molar-refractivity contribution in [3.8, 4) is 0 Å². The van der Waals surface area contributed by atoms with Gasteiger partial charge in [0.2, 0.25) is 0 Å². The summed E-state index contributed by atoms with van der Waals surface area (Å²) >= 11 is 0. The maximum Gasteiger partial charge on any atom is 0.269 e. The molecule has 0 radical (unpaired) electrons. The number of nitrogens with two attached hydrogens (primary N) is 1. The van der Waals surface area contributed by atoms with Gasteiger partial charge in [0.1, 0.15) is 0 Å². The number of fused-ring (bicyclic) bond motifs is 1. The Kier molecular flexibility index (Phi) is 4.29. The van der Waals surface area contributed by atoms with E-state index >= 15 is 0 Å². The molecule has 2 aromatic heterocycles. The predicted octanol–water partition coefficient (Wildman–Crippen LogP) is 2.45. The molecule has 0 bridgehead atoms. The number of nitrogens with one attached hydrogen (secondary N) is 1. The van der Waals surface area contributed by atoms with Gasteiger partial charge in [0.05, 0.1) is 29.1 Å². The molecule has 3 N–H and O–H groups in total. The summed E-state index contributed by atoms with van der Waals surface area (Å²) in [6.45, 7) is 1.37. The molecule has 7 nitrogen and oxygen atoms in total. The molecule has 0 saturated carbocycles. The van der Waals surface area contributed by atoms with Gasteiger partial charge in [-0.2, -0.15) is 0 Å². The third-order valence-electron chi connectivity index (χ3n) is 4.52. The van der Waals surface area contributed by atoms with Crippen molar-refractivity contribution in [1.29, 1.82) is 0 Å². The van der Waals surface area contributed by atoms with Crippen LogP contribution in [-0.2, 0) is 14.8 Å². The lowest BCUT2D eigenvalue weighted by molar-refractivity contribution is 0.0876. The zero-order valence-corrected chi connectivity index (χ0v) is 14.9. The van der Waals surface area contributed by atoms with Crippen LogP contribution in [0.2, 0.25) is 0 Å². The fraction of sp³-hybridized carbons (Fsp3) is 0.278. The van der Waals surface area contributed by atoms with Crippen LogP contribution in [0.1, 0.15) is 12.8 Å². The number of rotatable bonds is 4. The van der Waals surface area contributed by atoms with E-state index in [1.54, 1.807) is 36.4 Å². The van der Waals surface area contributed by atoms with Gasteiger partial charge in [-0.25, -0.2) is 17.4 Å². The molecule has 1 aromatic carbocycles. The lowest BCUT2D eigenvalue weighted by Gasteiger charge is -2.25. The fourth-order valence-corrected chi connectivity index (χ4v) is 4.52. The molecule has 4 rings (SSSR count). The highest BCUT2D eigenvalue weighted by Gasteiger charge is 2.22. The molecular formula is C18H20N4O3S. The number of nitrogens with zero attached hydrogens (tertiary/aromatic N) is 2. The minimum atomic E-state index is -3.72. The first-order valence-corrected chi connectivity index (χ1v) is 9.92. The Morgan fingerprint density at radius 1 is 1.23 bits per heavy atom. The molecule has 1 saturated heterocycles. The molecule has 1 atom stereocenters. The van der Waals surface area contributed by atoms with Crippen LogP contribution in [0.3, 0.4) is 0 Å². The highest BCUT2D eigenvalue weighted by molar-refractivity contribution is 7.90. The monoisotopic (exact) mass is 372 g/mol. The van der Waals surface area contributed by atoms with Crippen LogP contribution in [0.5, 0.6) is 0 Å². The molecule has 8 heteroatoms. The van der Waals surface area contributed by atoms with E-state index in [-0.39, 0.29) is 10.9 Å². The first kappa shape index (κ1) is 16.9. The van der Waals surface area contributed by atoms with Crippen molar-refractivity contribution >= 4 is 32.4 Å². The normalized spacial score (nSPS) is 18.1. The maximum atomic E-state index is 12.9. The number of hydrogen-bond acceptors (Lipinski definition) is 6. The van der Waals surface area contributed by atoms with Crippen LogP contribution < -0.4 is 11.1 Å². The minimum Gasteiger partial charge on any atom is -0.396 e. The van der Waals surface area contributed by atoms with Gasteiger partial charge in [0.25, 0.3) is 10.0 Å². The van der Waals surface area contributed by atoms with Gasteiger partial charge in [-0.15, -0.1) is 0 Å². The Bertz CT molecular complexity index is 1030. The van der Waals surface area contributed by atoms with Crippen molar-refractivity contribution in [2.75, 3.05) is 24.3 Å². The van der Waals surface area contributed by atoms with Gasteiger partial charge in [-0.1, -0.05) is 18.2 Å². The van der Waals surface area contributed by atoms with Crippen LogP contribution in [0, 0.1) is 0 Å². The van der Waals surface area contributed by atoms with Crippen molar-refractivity contribution in [1.82, 2.24) is 8.96 Å². The van der Waals surface area contributed by atoms with Crippen LogP contribution in [0.25, 0.3) is 11.0 Å². The molecule has 0 aliphatic carbocycles. The van der Waals surface area contributed by atoms with Crippen LogP contribution in [0.15, 0.2) is 53.7 Å². The highest BCUT2D eigenvalue weighted by atomic mass is 32.2. The molecule has 0 amide bonds. The Labute approximate surface area is 151 Å². The average Bonchev–Trinajstić information content (AvgIpc) is 3.11. The largest absolute Gasteiger partial charge is 0.396 e. The molecule has 1 aliphatic rings. The van der Waals surface area contributed by atoms with Crippen LogP contribution >= 0.6 is 0 Å². The Morgan fingerprint density at radius 3 is 2.77 bits per heavy atom. The lowest BCUT2D eigenvalue weighted by Crippen LogP contribution is -2.30. The van der Waals surface area contributed by atoms with E-state index in [0.717, 1.165) is 19.4 Å². The summed E-state index contributed by atoms with van der Waals surface area (Å²) in [7, 11) is -3.72. The molecule has 1 aliphatic heterocycles. The molecule has 1 unspecified atom stereocenters. The van der Waals surface area contributed by atoms with Crippen molar-refractivity contribution in [3.05, 3.63) is 48.8 Å². The van der Waals surface area contributed by atoms with Crippen LogP contribution in [0.4, 0.5) is 11.4 Å². The molecule has 26 heavy (non-hydrogen) atoms. The highest BCUT2D eigenvalue weighted by Crippen LogP contribution is 2.31. The summed E-state index contributed by atoms with van der Waals surface area (Å²) in [5.41, 5.74) is 7.64. The molecule has 0 spiro atoms. The number of nitrogen functional groups attached to an aromatic ring is 1. The number of anilines is 2. The number of pyridine rings is 1. The Hall–Kier alpha value is -2.58. The first-order valence-electron chi connectivity index (χ1n) is 8.48. The van der Waals surface area contributed by atoms with Gasteiger partial charge >= 0.3 is 0 Å². The number of ether oxygens (including phenoxy) is 1. The maximum absolute atomic E-state index is 12.9. The molecule has 3 heterocycles. The van der Waals surface area contributed by atoms with Gasteiger partial charge in [0, 0.05) is 24.2 Å². The summed E-state index contributed by atoms with van der Waals surface area (Å²) in [4.78, 5) is 4.49. The van der Waals surface area contributed by atoms with E-state index in [0.29, 0.717) is 29.0 Å². The van der Waals surface area contributed by atoms with Crippen molar-refractivity contribution in [2.24, 2.45) is 0 Å². The van der Waals surface area contributed by atoms with Gasteiger partial charge in [0.15, 0.2) is 5.65 Å². The molecule has 3 aromatic rings. The fourth-order valence-electron chi connectivity index (χ4n) is 3.20. The molecular weight excluding hydrogens is 352 g/mol. The van der Waals surface area contributed by atoms with E-state index < -0.39 is 10.0 Å². The SMILES string of the molecule is Nc1cnc2c(ccn2S(=O)(=O)c2ccccc2)c1NC1CCCOC1. The second-order valence-electron chi connectivity index (χ2n) is 6.31. The van der Waals surface area contributed by atoms with Crippen molar-refractivity contribution in [2.45, 2.75) is 23.8 Å². The van der Waals surface area contributed by atoms with Crippen LogP contribution in [-0.4, -0.2) is 36.6 Å². The van der Waals surface area contributed by atoms with E-state index in [1.165, 1.54) is 16.4 Å². The van der Waals surface area contributed by atoms with Gasteiger partial charge < -0.3 is 15.8 Å². The lowest BCUT2D eigenvalue weighted by atomic mass is 10.1. The third kappa shape index (κ3) is 2.91. The van der Waals surface area contributed by atoms with E-state index in [4.69, 9.17) is 10.5 Å². The van der Waals surface area contributed by atoms with E-state index in [1.807, 2.05) is 0 Å². The number of benzene rings is 1. The molecule has 136 valence electrons. The van der Waals surface area contributed by atoms with Crippen molar-refractivity contribution in [3.63, 3.8) is 0 Å². The van der Waals surface area contributed by atoms with Gasteiger partial charge in [-0.05, 0) is 31.0 Å². The smallest absolute Gasteiger partial charge is 0.269 e. The topological polar surface area (TPSA) is 99.2 Å². The van der Waals surface area contributed by atoms with E-state index in [9.17, 15) is 8.42 Å². The second kappa shape index (κ2) is 6.62. The molecule has 1 fully saturated rings. The Morgan fingerprint density at radius 2 is 2.04 bits per heavy atom. The van der Waals surface area contributed by atoms with Gasteiger partial charge in [-0.3, -0.25) is 0 Å². The minimum absolute atomic E-state index is 0.144. The third-order valence-corrected chi connectivity index (χ3v) is 6.20. The zero-order chi connectivity index (χ0) is 18.1. The standard InChI is InChI=1S/C18H20N4O3S/c19-16-11-20-18-15(17(16)21-13-5-4-10-25-12-13)8-9-22(18)26(23,24)14-6-2-1-3-7-14/h1-3,6-9,11,13H,4-5,10,12,19H2,(H,20,21). The summed E-state index contributed by atoms with van der Waals surface area (Å²) in [6, 6.07) is 10.2. The quantitative estimate of drug-likeness (QED) is 0.730. The Balaban J connectivity index is 1.78. The average molecular weight is 372 g/mol. The summed E-state index contributed by atoms with van der Waals surface area (Å²) in [5.74, 6) is 0. The number of hydrogen-bond donors (Lipinski definition) is 2. The van der Waals surface area contributed by atoms with E-state index in [2.05, 4.69) is 10.3 Å². The summed E-state index contributed by atoms with van der Waals surface area (Å²) in [6.07, 6.45) is 4.97.